The van der Waals surface area contributed by atoms with Crippen molar-refractivity contribution >= 4 is 0 Å². The fourth-order valence-corrected chi connectivity index (χ4v) is 1.32. The zero-order valence-corrected chi connectivity index (χ0v) is 9.19. The minimum absolute atomic E-state index is 0.0659. The van der Waals surface area contributed by atoms with Crippen LogP contribution in [0.1, 0.15) is 24.9 Å². The number of nitriles is 1. The summed E-state index contributed by atoms with van der Waals surface area (Å²) in [5, 5.41) is 8.68. The van der Waals surface area contributed by atoms with E-state index in [9.17, 15) is 9.59 Å². The molecule has 0 fully saturated rings. The van der Waals surface area contributed by atoms with Crippen LogP contribution in [0.3, 0.4) is 0 Å². The SMILES string of the molecule is COCCC(C)n1cc(C#N)c(=O)[nH]c1=O. The van der Waals surface area contributed by atoms with Gasteiger partial charge in [-0.05, 0) is 13.3 Å². The summed E-state index contributed by atoms with van der Waals surface area (Å²) in [5.41, 5.74) is -1.22. The van der Waals surface area contributed by atoms with Gasteiger partial charge < -0.3 is 4.74 Å². The maximum atomic E-state index is 11.5. The Hall–Kier alpha value is -1.87. The van der Waals surface area contributed by atoms with E-state index in [-0.39, 0.29) is 11.6 Å². The Morgan fingerprint density at radius 1 is 1.62 bits per heavy atom. The van der Waals surface area contributed by atoms with E-state index >= 15 is 0 Å². The standard InChI is InChI=1S/C10H13N3O3/c1-7(3-4-16-2)13-6-8(5-11)9(14)12-10(13)15/h6-7H,3-4H2,1-2H3,(H,12,14,15). The molecule has 0 radical (unpaired) electrons. The van der Waals surface area contributed by atoms with Gasteiger partial charge >= 0.3 is 5.69 Å². The molecule has 1 heterocycles. The van der Waals surface area contributed by atoms with E-state index in [1.54, 1.807) is 13.2 Å². The van der Waals surface area contributed by atoms with E-state index in [1.165, 1.54) is 10.8 Å². The molecule has 0 aromatic carbocycles. The monoisotopic (exact) mass is 223 g/mol. The van der Waals surface area contributed by atoms with E-state index in [1.807, 2.05) is 6.92 Å². The predicted molar refractivity (Wildman–Crippen MR) is 57.2 cm³/mol. The molecule has 1 atom stereocenters. The van der Waals surface area contributed by atoms with Crippen molar-refractivity contribution in [3.63, 3.8) is 0 Å². The third kappa shape index (κ3) is 2.58. The Bertz CT molecular complexity index is 509. The van der Waals surface area contributed by atoms with Crippen molar-refractivity contribution in [3.05, 3.63) is 32.6 Å². The highest BCUT2D eigenvalue weighted by Crippen LogP contribution is 2.06. The first kappa shape index (κ1) is 12.2. The van der Waals surface area contributed by atoms with Crippen LogP contribution in [0, 0.1) is 11.3 Å². The minimum Gasteiger partial charge on any atom is -0.385 e. The van der Waals surface area contributed by atoms with Gasteiger partial charge in [-0.2, -0.15) is 5.26 Å². The summed E-state index contributed by atoms with van der Waals surface area (Å²) < 4.78 is 6.23. The number of H-pyrrole nitrogens is 1. The number of aromatic nitrogens is 2. The zero-order valence-electron chi connectivity index (χ0n) is 9.19. The predicted octanol–water partition coefficient (Wildman–Crippen LogP) is 0.00578. The maximum absolute atomic E-state index is 11.5. The quantitative estimate of drug-likeness (QED) is 0.778. The van der Waals surface area contributed by atoms with Crippen molar-refractivity contribution < 1.29 is 4.74 Å². The number of methoxy groups -OCH3 is 1. The average molecular weight is 223 g/mol. The van der Waals surface area contributed by atoms with Crippen LogP contribution in [0.4, 0.5) is 0 Å². The fourth-order valence-electron chi connectivity index (χ4n) is 1.32. The summed E-state index contributed by atoms with van der Waals surface area (Å²) in [5.74, 6) is 0. The molecule has 0 saturated heterocycles. The highest BCUT2D eigenvalue weighted by atomic mass is 16.5. The Morgan fingerprint density at radius 3 is 2.88 bits per heavy atom. The second kappa shape index (κ2) is 5.28. The van der Waals surface area contributed by atoms with Crippen LogP contribution in [-0.2, 0) is 4.74 Å². The molecule has 1 rings (SSSR count). The van der Waals surface area contributed by atoms with Crippen LogP contribution in [-0.4, -0.2) is 23.3 Å². The molecule has 0 aliphatic heterocycles. The number of aromatic amines is 1. The Labute approximate surface area is 92.1 Å². The lowest BCUT2D eigenvalue weighted by molar-refractivity contribution is 0.180. The van der Waals surface area contributed by atoms with Crippen molar-refractivity contribution in [1.82, 2.24) is 9.55 Å². The lowest BCUT2D eigenvalue weighted by Crippen LogP contribution is -2.33. The number of nitrogens with zero attached hydrogens (tertiary/aromatic N) is 2. The van der Waals surface area contributed by atoms with Gasteiger partial charge in [-0.15, -0.1) is 0 Å². The third-order valence-electron chi connectivity index (χ3n) is 2.30. The lowest BCUT2D eigenvalue weighted by atomic mass is 10.2. The number of ether oxygens (including phenoxy) is 1. The van der Waals surface area contributed by atoms with E-state index < -0.39 is 11.2 Å². The second-order valence-electron chi connectivity index (χ2n) is 3.45. The van der Waals surface area contributed by atoms with Gasteiger partial charge in [-0.1, -0.05) is 0 Å². The van der Waals surface area contributed by atoms with Gasteiger partial charge in [-0.25, -0.2) is 4.79 Å². The molecular formula is C10H13N3O3. The molecule has 1 aromatic rings. The zero-order chi connectivity index (χ0) is 12.1. The van der Waals surface area contributed by atoms with E-state index in [0.29, 0.717) is 13.0 Å². The molecule has 6 heteroatoms. The molecule has 0 amide bonds. The first-order chi connectivity index (χ1) is 7.60. The smallest absolute Gasteiger partial charge is 0.328 e. The van der Waals surface area contributed by atoms with Crippen LogP contribution in [0.2, 0.25) is 0 Å². The molecule has 6 nitrogen and oxygen atoms in total. The Kier molecular flexibility index (Phi) is 4.03. The van der Waals surface area contributed by atoms with Crippen LogP contribution < -0.4 is 11.2 Å². The highest BCUT2D eigenvalue weighted by Gasteiger charge is 2.09. The number of hydrogen-bond donors (Lipinski definition) is 1. The number of rotatable bonds is 4. The minimum atomic E-state index is -0.650. The summed E-state index contributed by atoms with van der Waals surface area (Å²) >= 11 is 0. The third-order valence-corrected chi connectivity index (χ3v) is 2.30. The molecule has 86 valence electrons. The molecular weight excluding hydrogens is 210 g/mol. The van der Waals surface area contributed by atoms with Gasteiger partial charge in [0.2, 0.25) is 0 Å². The second-order valence-corrected chi connectivity index (χ2v) is 3.45. The molecule has 16 heavy (non-hydrogen) atoms. The highest BCUT2D eigenvalue weighted by molar-refractivity contribution is 5.21. The van der Waals surface area contributed by atoms with Gasteiger partial charge in [0.05, 0.1) is 0 Å². The van der Waals surface area contributed by atoms with Crippen LogP contribution in [0.5, 0.6) is 0 Å². The van der Waals surface area contributed by atoms with Gasteiger partial charge in [0.15, 0.2) is 0 Å². The van der Waals surface area contributed by atoms with E-state index in [2.05, 4.69) is 4.98 Å². The average Bonchev–Trinajstić information content (AvgIpc) is 2.26. The van der Waals surface area contributed by atoms with E-state index in [0.717, 1.165) is 0 Å². The summed E-state index contributed by atoms with van der Waals surface area (Å²) in [6, 6.07) is 1.61. The first-order valence-corrected chi connectivity index (χ1v) is 4.84. The molecule has 0 aliphatic rings. The topological polar surface area (TPSA) is 87.9 Å². The summed E-state index contributed by atoms with van der Waals surface area (Å²) in [7, 11) is 1.57. The lowest BCUT2D eigenvalue weighted by Gasteiger charge is -2.13. The van der Waals surface area contributed by atoms with Crippen molar-refractivity contribution in [1.29, 1.82) is 5.26 Å². The van der Waals surface area contributed by atoms with Crippen molar-refractivity contribution in [2.75, 3.05) is 13.7 Å². The molecule has 0 bridgehead atoms. The molecule has 1 unspecified atom stereocenters. The summed E-state index contributed by atoms with van der Waals surface area (Å²) in [6.45, 7) is 2.33. The van der Waals surface area contributed by atoms with Crippen molar-refractivity contribution in [3.8, 4) is 6.07 Å². The summed E-state index contributed by atoms with van der Waals surface area (Å²) in [4.78, 5) is 24.7. The van der Waals surface area contributed by atoms with Crippen LogP contribution in [0.25, 0.3) is 0 Å². The van der Waals surface area contributed by atoms with Gasteiger partial charge in [0, 0.05) is 26.0 Å². The van der Waals surface area contributed by atoms with E-state index in [4.69, 9.17) is 10.00 Å². The summed E-state index contributed by atoms with van der Waals surface area (Å²) in [6.07, 6.45) is 1.91. The molecule has 0 spiro atoms. The van der Waals surface area contributed by atoms with Gasteiger partial charge in [0.1, 0.15) is 11.6 Å². The molecule has 0 saturated carbocycles. The first-order valence-electron chi connectivity index (χ1n) is 4.84. The van der Waals surface area contributed by atoms with Crippen LogP contribution in [0.15, 0.2) is 15.8 Å². The van der Waals surface area contributed by atoms with Gasteiger partial charge in [0.25, 0.3) is 5.56 Å². The largest absolute Gasteiger partial charge is 0.385 e. The van der Waals surface area contributed by atoms with Crippen molar-refractivity contribution in [2.24, 2.45) is 0 Å². The molecule has 1 aromatic heterocycles. The van der Waals surface area contributed by atoms with Crippen molar-refractivity contribution in [2.45, 2.75) is 19.4 Å². The number of hydrogen-bond acceptors (Lipinski definition) is 4. The molecule has 0 aliphatic carbocycles. The Morgan fingerprint density at radius 2 is 2.31 bits per heavy atom. The fraction of sp³-hybridized carbons (Fsp3) is 0.500. The van der Waals surface area contributed by atoms with Crippen LogP contribution >= 0.6 is 0 Å². The maximum Gasteiger partial charge on any atom is 0.328 e. The molecule has 1 N–H and O–H groups in total. The van der Waals surface area contributed by atoms with Gasteiger partial charge in [-0.3, -0.25) is 14.3 Å². The Balaban J connectivity index is 3.10. The number of nitrogens with one attached hydrogen (secondary N) is 1. The normalized spacial score (nSPS) is 12.1.